The largest absolute Gasteiger partial charge is 0.469 e. The molecule has 2 unspecified atom stereocenters. The van der Waals surface area contributed by atoms with Crippen LogP contribution >= 0.6 is 0 Å². The molecule has 0 radical (unpaired) electrons. The zero-order valence-corrected chi connectivity index (χ0v) is 16.7. The van der Waals surface area contributed by atoms with Crippen LogP contribution < -0.4 is 0 Å². The number of rotatable bonds is 18. The average molecular weight is 359 g/mol. The first-order valence-electron chi connectivity index (χ1n) is 10.5. The smallest absolute Gasteiger partial charge is 0.305 e. The molecule has 0 fully saturated rings. The summed E-state index contributed by atoms with van der Waals surface area (Å²) < 4.78 is 4.63. The Kier molecular flexibility index (Phi) is 17.7. The fraction of sp³-hybridized carbons (Fsp3) is 0.952. The fourth-order valence-corrected chi connectivity index (χ4v) is 3.32. The van der Waals surface area contributed by atoms with E-state index in [0.29, 0.717) is 18.3 Å². The molecule has 0 spiro atoms. The molecule has 0 aliphatic carbocycles. The van der Waals surface area contributed by atoms with Crippen molar-refractivity contribution in [2.75, 3.05) is 20.3 Å². The SMILES string of the molecule is CCCCCCC(CO)CCC(CO)CCCCCCCC(=O)OC. The summed E-state index contributed by atoms with van der Waals surface area (Å²) in [5.74, 6) is 0.664. The Balaban J connectivity index is 3.67. The molecular weight excluding hydrogens is 316 g/mol. The van der Waals surface area contributed by atoms with Crippen LogP contribution in [0.25, 0.3) is 0 Å². The number of ether oxygens (including phenoxy) is 1. The molecule has 0 heterocycles. The van der Waals surface area contributed by atoms with Gasteiger partial charge in [-0.15, -0.1) is 0 Å². The molecule has 25 heavy (non-hydrogen) atoms. The zero-order chi connectivity index (χ0) is 18.8. The Bertz CT molecular complexity index is 294. The molecule has 0 amide bonds. The van der Waals surface area contributed by atoms with Crippen LogP contribution in [0.3, 0.4) is 0 Å². The first kappa shape index (κ1) is 24.4. The predicted molar refractivity (Wildman–Crippen MR) is 103 cm³/mol. The third-order valence-corrected chi connectivity index (χ3v) is 5.19. The van der Waals surface area contributed by atoms with Crippen molar-refractivity contribution in [3.63, 3.8) is 0 Å². The summed E-state index contributed by atoms with van der Waals surface area (Å²) in [7, 11) is 1.43. The number of methoxy groups -OCH3 is 1. The molecule has 4 nitrogen and oxygen atoms in total. The van der Waals surface area contributed by atoms with Crippen LogP contribution in [0, 0.1) is 11.8 Å². The van der Waals surface area contributed by atoms with E-state index in [1.165, 1.54) is 32.8 Å². The molecule has 2 N–H and O–H groups in total. The van der Waals surface area contributed by atoms with Crippen molar-refractivity contribution in [3.05, 3.63) is 0 Å². The van der Waals surface area contributed by atoms with E-state index in [1.807, 2.05) is 0 Å². The lowest BCUT2D eigenvalue weighted by atomic mass is 9.90. The van der Waals surface area contributed by atoms with E-state index in [0.717, 1.165) is 57.8 Å². The second-order valence-electron chi connectivity index (χ2n) is 7.41. The van der Waals surface area contributed by atoms with Gasteiger partial charge in [-0.05, 0) is 43.9 Å². The van der Waals surface area contributed by atoms with Crippen LogP contribution in [0.4, 0.5) is 0 Å². The van der Waals surface area contributed by atoms with E-state index in [-0.39, 0.29) is 19.2 Å². The van der Waals surface area contributed by atoms with Gasteiger partial charge in [0.05, 0.1) is 7.11 Å². The number of carbonyl (C=O) groups is 1. The average Bonchev–Trinajstić information content (AvgIpc) is 2.64. The van der Waals surface area contributed by atoms with Crippen molar-refractivity contribution in [1.82, 2.24) is 0 Å². The van der Waals surface area contributed by atoms with Crippen molar-refractivity contribution in [3.8, 4) is 0 Å². The highest BCUT2D eigenvalue weighted by Gasteiger charge is 2.12. The van der Waals surface area contributed by atoms with Gasteiger partial charge in [-0.3, -0.25) is 4.79 Å². The number of aliphatic hydroxyl groups is 2. The minimum atomic E-state index is -0.117. The quantitative estimate of drug-likeness (QED) is 0.271. The Labute approximate surface area is 155 Å². The topological polar surface area (TPSA) is 66.8 Å². The van der Waals surface area contributed by atoms with Gasteiger partial charge >= 0.3 is 5.97 Å². The van der Waals surface area contributed by atoms with Gasteiger partial charge in [0.1, 0.15) is 0 Å². The number of esters is 1. The highest BCUT2D eigenvalue weighted by Crippen LogP contribution is 2.22. The molecule has 150 valence electrons. The minimum absolute atomic E-state index is 0.117. The molecular formula is C21H42O4. The van der Waals surface area contributed by atoms with E-state index in [4.69, 9.17) is 0 Å². The van der Waals surface area contributed by atoms with Crippen molar-refractivity contribution < 1.29 is 19.7 Å². The van der Waals surface area contributed by atoms with Crippen molar-refractivity contribution >= 4 is 5.97 Å². The highest BCUT2D eigenvalue weighted by atomic mass is 16.5. The molecule has 0 aromatic rings. The monoisotopic (exact) mass is 358 g/mol. The summed E-state index contributed by atoms with van der Waals surface area (Å²) in [5.41, 5.74) is 0. The zero-order valence-electron chi connectivity index (χ0n) is 16.7. The summed E-state index contributed by atoms with van der Waals surface area (Å²) in [6.45, 7) is 2.76. The third-order valence-electron chi connectivity index (χ3n) is 5.19. The first-order chi connectivity index (χ1) is 12.2. The van der Waals surface area contributed by atoms with Crippen LogP contribution in [0.1, 0.15) is 96.8 Å². The molecule has 0 aromatic heterocycles. The van der Waals surface area contributed by atoms with Crippen molar-refractivity contribution in [2.45, 2.75) is 96.8 Å². The number of unbranched alkanes of at least 4 members (excludes halogenated alkanes) is 7. The summed E-state index contributed by atoms with van der Waals surface area (Å²) in [6.07, 6.45) is 15.2. The Morgan fingerprint density at radius 3 is 1.72 bits per heavy atom. The van der Waals surface area contributed by atoms with Gasteiger partial charge < -0.3 is 14.9 Å². The van der Waals surface area contributed by atoms with Gasteiger partial charge in [0.2, 0.25) is 0 Å². The molecule has 4 heteroatoms. The lowest BCUT2D eigenvalue weighted by Crippen LogP contribution is -2.12. The lowest BCUT2D eigenvalue weighted by molar-refractivity contribution is -0.140. The van der Waals surface area contributed by atoms with Crippen LogP contribution in [-0.4, -0.2) is 36.5 Å². The number of hydrogen-bond acceptors (Lipinski definition) is 4. The second kappa shape index (κ2) is 18.2. The maximum absolute atomic E-state index is 11.0. The molecule has 0 saturated carbocycles. The Morgan fingerprint density at radius 2 is 1.24 bits per heavy atom. The molecule has 0 saturated heterocycles. The number of carbonyl (C=O) groups excluding carboxylic acids is 1. The van der Waals surface area contributed by atoms with E-state index in [1.54, 1.807) is 0 Å². The number of hydrogen-bond donors (Lipinski definition) is 2. The summed E-state index contributed by atoms with van der Waals surface area (Å²) in [5, 5.41) is 19.1. The van der Waals surface area contributed by atoms with Crippen LogP contribution in [0.15, 0.2) is 0 Å². The summed E-state index contributed by atoms with van der Waals surface area (Å²) in [6, 6.07) is 0. The molecule has 2 atom stereocenters. The molecule has 0 bridgehead atoms. The van der Waals surface area contributed by atoms with Gasteiger partial charge in [-0.2, -0.15) is 0 Å². The predicted octanol–water partition coefficient (Wildman–Crippen LogP) is 4.86. The summed E-state index contributed by atoms with van der Waals surface area (Å²) >= 11 is 0. The van der Waals surface area contributed by atoms with Gasteiger partial charge in [0.25, 0.3) is 0 Å². The lowest BCUT2D eigenvalue weighted by Gasteiger charge is -2.18. The van der Waals surface area contributed by atoms with Crippen LogP contribution in [0.5, 0.6) is 0 Å². The molecule has 0 aliphatic rings. The minimum Gasteiger partial charge on any atom is -0.469 e. The molecule has 0 rings (SSSR count). The van der Waals surface area contributed by atoms with Crippen LogP contribution in [-0.2, 0) is 9.53 Å². The maximum Gasteiger partial charge on any atom is 0.305 e. The Hall–Kier alpha value is -0.610. The van der Waals surface area contributed by atoms with Gasteiger partial charge in [0.15, 0.2) is 0 Å². The van der Waals surface area contributed by atoms with E-state index in [9.17, 15) is 15.0 Å². The normalized spacial score (nSPS) is 13.6. The van der Waals surface area contributed by atoms with E-state index in [2.05, 4.69) is 11.7 Å². The first-order valence-corrected chi connectivity index (χ1v) is 10.5. The summed E-state index contributed by atoms with van der Waals surface area (Å²) in [4.78, 5) is 11.0. The third kappa shape index (κ3) is 15.4. The fourth-order valence-electron chi connectivity index (χ4n) is 3.32. The second-order valence-corrected chi connectivity index (χ2v) is 7.41. The van der Waals surface area contributed by atoms with Gasteiger partial charge in [-0.25, -0.2) is 0 Å². The van der Waals surface area contributed by atoms with Gasteiger partial charge in [0, 0.05) is 19.6 Å². The highest BCUT2D eigenvalue weighted by molar-refractivity contribution is 5.68. The van der Waals surface area contributed by atoms with Crippen molar-refractivity contribution in [2.24, 2.45) is 11.8 Å². The number of aliphatic hydroxyl groups excluding tert-OH is 2. The van der Waals surface area contributed by atoms with Crippen LogP contribution in [0.2, 0.25) is 0 Å². The maximum atomic E-state index is 11.0. The van der Waals surface area contributed by atoms with E-state index >= 15 is 0 Å². The molecule has 0 aromatic carbocycles. The molecule has 0 aliphatic heterocycles. The standard InChI is InChI=1S/C21H42O4/c1-3-4-5-9-12-19(17-22)15-16-20(18-23)13-10-7-6-8-11-14-21(24)25-2/h19-20,22-23H,3-18H2,1-2H3. The van der Waals surface area contributed by atoms with Gasteiger partial charge in [-0.1, -0.05) is 58.3 Å². The van der Waals surface area contributed by atoms with Crippen molar-refractivity contribution in [1.29, 1.82) is 0 Å². The van der Waals surface area contributed by atoms with E-state index < -0.39 is 0 Å². The Morgan fingerprint density at radius 1 is 0.760 bits per heavy atom.